The Morgan fingerprint density at radius 2 is 1.76 bits per heavy atom. The van der Waals surface area contributed by atoms with E-state index in [0.29, 0.717) is 29.4 Å². The summed E-state index contributed by atoms with van der Waals surface area (Å²) >= 11 is 0. The third-order valence-electron chi connectivity index (χ3n) is 3.16. The van der Waals surface area contributed by atoms with Crippen molar-refractivity contribution in [3.8, 4) is 17.2 Å². The van der Waals surface area contributed by atoms with Gasteiger partial charge in [0.05, 0.1) is 21.3 Å². The van der Waals surface area contributed by atoms with Gasteiger partial charge in [-0.05, 0) is 25.0 Å². The van der Waals surface area contributed by atoms with E-state index >= 15 is 0 Å². The zero-order valence-corrected chi connectivity index (χ0v) is 13.1. The van der Waals surface area contributed by atoms with Gasteiger partial charge in [0.1, 0.15) is 0 Å². The average Bonchev–Trinajstić information content (AvgIpc) is 2.52. The molecule has 116 valence electrons. The number of unbranched alkanes of at least 4 members (excludes halogenated alkanes) is 1. The smallest absolute Gasteiger partial charge is 0.253 e. The second kappa shape index (κ2) is 8.19. The molecule has 0 spiro atoms. The Morgan fingerprint density at radius 1 is 1.19 bits per heavy atom. The van der Waals surface area contributed by atoms with Crippen LogP contribution in [0.25, 0.3) is 0 Å². The fraction of sp³-hybridized carbons (Fsp3) is 0.438. The Balaban J connectivity index is 3.01. The molecule has 5 heteroatoms. The summed E-state index contributed by atoms with van der Waals surface area (Å²) in [5, 5.41) is 0. The Hall–Kier alpha value is -2.17. The van der Waals surface area contributed by atoms with Gasteiger partial charge in [-0.15, -0.1) is 6.58 Å². The van der Waals surface area contributed by atoms with Crippen LogP contribution in [0, 0.1) is 0 Å². The Labute approximate surface area is 126 Å². The Morgan fingerprint density at radius 3 is 2.19 bits per heavy atom. The number of hydrogen-bond acceptors (Lipinski definition) is 4. The van der Waals surface area contributed by atoms with Crippen molar-refractivity contribution in [3.63, 3.8) is 0 Å². The first kappa shape index (κ1) is 16.9. The van der Waals surface area contributed by atoms with E-state index in [2.05, 4.69) is 6.58 Å². The summed E-state index contributed by atoms with van der Waals surface area (Å²) in [7, 11) is 6.36. The van der Waals surface area contributed by atoms with Crippen LogP contribution in [0.15, 0.2) is 24.8 Å². The molecule has 0 aliphatic carbocycles. The lowest BCUT2D eigenvalue weighted by Gasteiger charge is -2.19. The number of rotatable bonds is 8. The van der Waals surface area contributed by atoms with Crippen molar-refractivity contribution in [2.45, 2.75) is 12.8 Å². The van der Waals surface area contributed by atoms with Crippen LogP contribution in [0.2, 0.25) is 0 Å². The van der Waals surface area contributed by atoms with Gasteiger partial charge >= 0.3 is 0 Å². The molecule has 0 heterocycles. The zero-order chi connectivity index (χ0) is 15.8. The maximum absolute atomic E-state index is 12.4. The number of benzene rings is 1. The minimum Gasteiger partial charge on any atom is -0.493 e. The highest BCUT2D eigenvalue weighted by atomic mass is 16.5. The van der Waals surface area contributed by atoms with Gasteiger partial charge in [-0.1, -0.05) is 6.08 Å². The van der Waals surface area contributed by atoms with Crippen LogP contribution in [-0.2, 0) is 0 Å². The number of methoxy groups -OCH3 is 3. The van der Waals surface area contributed by atoms with E-state index in [1.807, 2.05) is 6.08 Å². The number of nitrogens with zero attached hydrogens (tertiary/aromatic N) is 1. The quantitative estimate of drug-likeness (QED) is 0.546. The van der Waals surface area contributed by atoms with Crippen molar-refractivity contribution >= 4 is 5.91 Å². The summed E-state index contributed by atoms with van der Waals surface area (Å²) in [6, 6.07) is 3.32. The molecule has 1 aromatic rings. The summed E-state index contributed by atoms with van der Waals surface area (Å²) in [4.78, 5) is 14.1. The number of hydrogen-bond donors (Lipinski definition) is 0. The molecule has 0 aliphatic rings. The highest BCUT2D eigenvalue weighted by Gasteiger charge is 2.18. The first-order valence-electron chi connectivity index (χ1n) is 6.75. The van der Waals surface area contributed by atoms with Gasteiger partial charge in [0.15, 0.2) is 11.5 Å². The largest absolute Gasteiger partial charge is 0.493 e. The van der Waals surface area contributed by atoms with Crippen molar-refractivity contribution in [2.75, 3.05) is 34.9 Å². The summed E-state index contributed by atoms with van der Waals surface area (Å²) in [6.45, 7) is 4.34. The van der Waals surface area contributed by atoms with Crippen molar-refractivity contribution in [3.05, 3.63) is 30.4 Å². The standard InChI is InChI=1S/C16H23NO4/c1-6-7-8-9-17(2)16(18)12-10-13(19-3)15(21-5)14(11-12)20-4/h6,10-11H,1,7-9H2,2-5H3. The minimum atomic E-state index is -0.0849. The molecule has 0 unspecified atom stereocenters. The van der Waals surface area contributed by atoms with Crippen LogP contribution in [0.1, 0.15) is 23.2 Å². The molecular weight excluding hydrogens is 270 g/mol. The molecule has 1 rings (SSSR count). The highest BCUT2D eigenvalue weighted by Crippen LogP contribution is 2.38. The van der Waals surface area contributed by atoms with Gasteiger partial charge in [0, 0.05) is 19.2 Å². The predicted molar refractivity (Wildman–Crippen MR) is 82.5 cm³/mol. The average molecular weight is 293 g/mol. The van der Waals surface area contributed by atoms with Gasteiger partial charge in [-0.25, -0.2) is 0 Å². The molecule has 21 heavy (non-hydrogen) atoms. The number of carbonyl (C=O) groups is 1. The molecule has 1 amide bonds. The normalized spacial score (nSPS) is 9.90. The maximum atomic E-state index is 12.4. The number of amides is 1. The first-order valence-corrected chi connectivity index (χ1v) is 6.75. The molecular formula is C16H23NO4. The first-order chi connectivity index (χ1) is 10.1. The monoisotopic (exact) mass is 293 g/mol. The SMILES string of the molecule is C=CCCCN(C)C(=O)c1cc(OC)c(OC)c(OC)c1. The number of carbonyl (C=O) groups excluding carboxylic acids is 1. The minimum absolute atomic E-state index is 0.0849. The second-order valence-electron chi connectivity index (χ2n) is 4.57. The molecule has 0 bridgehead atoms. The van der Waals surface area contributed by atoms with Gasteiger partial charge in [-0.3, -0.25) is 4.79 Å². The van der Waals surface area contributed by atoms with Crippen molar-refractivity contribution in [1.82, 2.24) is 4.90 Å². The fourth-order valence-electron chi connectivity index (χ4n) is 2.00. The van der Waals surface area contributed by atoms with E-state index < -0.39 is 0 Å². The lowest BCUT2D eigenvalue weighted by Crippen LogP contribution is -2.27. The fourth-order valence-corrected chi connectivity index (χ4v) is 2.00. The third-order valence-corrected chi connectivity index (χ3v) is 3.16. The molecule has 0 aromatic heterocycles. The van der Waals surface area contributed by atoms with Crippen LogP contribution >= 0.6 is 0 Å². The molecule has 0 N–H and O–H groups in total. The Bertz CT molecular complexity index is 474. The molecule has 1 aromatic carbocycles. The van der Waals surface area contributed by atoms with E-state index in [9.17, 15) is 4.79 Å². The summed E-state index contributed by atoms with van der Waals surface area (Å²) in [5.41, 5.74) is 0.505. The molecule has 0 saturated heterocycles. The summed E-state index contributed by atoms with van der Waals surface area (Å²) in [6.07, 6.45) is 3.61. The molecule has 0 fully saturated rings. The summed E-state index contributed by atoms with van der Waals surface area (Å²) in [5.74, 6) is 1.34. The molecule has 5 nitrogen and oxygen atoms in total. The van der Waals surface area contributed by atoms with E-state index in [1.165, 1.54) is 21.3 Å². The molecule has 0 radical (unpaired) electrons. The molecule has 0 saturated carbocycles. The highest BCUT2D eigenvalue weighted by molar-refractivity contribution is 5.95. The number of ether oxygens (including phenoxy) is 3. The van der Waals surface area contributed by atoms with Crippen molar-refractivity contribution < 1.29 is 19.0 Å². The van der Waals surface area contributed by atoms with Gasteiger partial charge in [-0.2, -0.15) is 0 Å². The zero-order valence-electron chi connectivity index (χ0n) is 13.1. The predicted octanol–water partition coefficient (Wildman–Crippen LogP) is 2.75. The van der Waals surface area contributed by atoms with Gasteiger partial charge in [0.25, 0.3) is 5.91 Å². The van der Waals surface area contributed by atoms with E-state index in [0.717, 1.165) is 12.8 Å². The second-order valence-corrected chi connectivity index (χ2v) is 4.57. The van der Waals surface area contributed by atoms with Crippen LogP contribution < -0.4 is 14.2 Å². The van der Waals surface area contributed by atoms with E-state index in [1.54, 1.807) is 24.1 Å². The maximum Gasteiger partial charge on any atom is 0.253 e. The van der Waals surface area contributed by atoms with Crippen LogP contribution in [0.3, 0.4) is 0 Å². The third kappa shape index (κ3) is 4.15. The molecule has 0 aliphatic heterocycles. The van der Waals surface area contributed by atoms with Crippen molar-refractivity contribution in [1.29, 1.82) is 0 Å². The van der Waals surface area contributed by atoms with Gasteiger partial charge in [0.2, 0.25) is 5.75 Å². The lowest BCUT2D eigenvalue weighted by molar-refractivity contribution is 0.0793. The lowest BCUT2D eigenvalue weighted by atomic mass is 10.1. The topological polar surface area (TPSA) is 48.0 Å². The number of allylic oxidation sites excluding steroid dienone is 1. The van der Waals surface area contributed by atoms with Crippen LogP contribution in [0.4, 0.5) is 0 Å². The van der Waals surface area contributed by atoms with Crippen LogP contribution in [0.5, 0.6) is 17.2 Å². The van der Waals surface area contributed by atoms with Gasteiger partial charge < -0.3 is 19.1 Å². The Kier molecular flexibility index (Phi) is 6.59. The van der Waals surface area contributed by atoms with Crippen LogP contribution in [-0.4, -0.2) is 45.7 Å². The van der Waals surface area contributed by atoms with E-state index in [-0.39, 0.29) is 5.91 Å². The molecule has 0 atom stereocenters. The summed E-state index contributed by atoms with van der Waals surface area (Å²) < 4.78 is 15.8. The van der Waals surface area contributed by atoms with E-state index in [4.69, 9.17) is 14.2 Å². The van der Waals surface area contributed by atoms with Crippen molar-refractivity contribution in [2.24, 2.45) is 0 Å².